The zero-order valence-electron chi connectivity index (χ0n) is 11.7. The molecule has 7 heteroatoms. The third-order valence-electron chi connectivity index (χ3n) is 3.35. The number of aromatic nitrogens is 2. The van der Waals surface area contributed by atoms with Crippen LogP contribution in [0.5, 0.6) is 0 Å². The molecule has 1 amide bonds. The molecule has 1 unspecified atom stereocenters. The Kier molecular flexibility index (Phi) is 4.17. The second kappa shape index (κ2) is 6.07. The molecule has 0 bridgehead atoms. The van der Waals surface area contributed by atoms with Gasteiger partial charge in [0.05, 0.1) is 16.2 Å². The molecule has 0 spiro atoms. The summed E-state index contributed by atoms with van der Waals surface area (Å²) in [5.74, 6) is 0.0183. The Hall–Kier alpha value is -1.53. The van der Waals surface area contributed by atoms with Crippen LogP contribution in [0.2, 0.25) is 4.34 Å². The summed E-state index contributed by atoms with van der Waals surface area (Å²) in [7, 11) is 0. The first kappa shape index (κ1) is 14.4. The summed E-state index contributed by atoms with van der Waals surface area (Å²) in [6.07, 6.45) is 5.77. The summed E-state index contributed by atoms with van der Waals surface area (Å²) in [4.78, 5) is 11.7. The maximum Gasteiger partial charge on any atom is 0.241 e. The van der Waals surface area contributed by atoms with Crippen molar-refractivity contribution in [3.05, 3.63) is 33.7 Å². The van der Waals surface area contributed by atoms with E-state index in [1.165, 1.54) is 11.3 Å². The van der Waals surface area contributed by atoms with Crippen LogP contribution in [0.4, 0.5) is 5.69 Å². The minimum atomic E-state index is 0.0183. The largest absolute Gasteiger partial charge is 0.376 e. The van der Waals surface area contributed by atoms with E-state index in [9.17, 15) is 4.79 Å². The van der Waals surface area contributed by atoms with Crippen molar-refractivity contribution in [2.45, 2.75) is 38.4 Å². The van der Waals surface area contributed by atoms with E-state index in [2.05, 4.69) is 22.7 Å². The molecule has 0 saturated heterocycles. The second-order valence-corrected chi connectivity index (χ2v) is 6.86. The monoisotopic (exact) mass is 324 g/mol. The number of carbonyl (C=O) groups excluding carboxylic acids is 1. The van der Waals surface area contributed by atoms with Crippen molar-refractivity contribution in [3.8, 4) is 0 Å². The van der Waals surface area contributed by atoms with Crippen LogP contribution >= 0.6 is 22.9 Å². The van der Waals surface area contributed by atoms with Gasteiger partial charge in [-0.2, -0.15) is 5.10 Å². The maximum atomic E-state index is 11.7. The summed E-state index contributed by atoms with van der Waals surface area (Å²) >= 11 is 7.47. The van der Waals surface area contributed by atoms with Gasteiger partial charge in [-0.25, -0.2) is 0 Å². The molecule has 1 saturated carbocycles. The topological polar surface area (TPSA) is 59.0 Å². The van der Waals surface area contributed by atoms with Crippen LogP contribution in [0.25, 0.3) is 0 Å². The molecule has 0 aromatic carbocycles. The number of hydrogen-bond acceptors (Lipinski definition) is 4. The molecule has 21 heavy (non-hydrogen) atoms. The number of hydrogen-bond donors (Lipinski definition) is 2. The van der Waals surface area contributed by atoms with Crippen molar-refractivity contribution in [3.63, 3.8) is 0 Å². The van der Waals surface area contributed by atoms with E-state index in [0.29, 0.717) is 6.04 Å². The number of anilines is 1. The Morgan fingerprint density at radius 1 is 1.62 bits per heavy atom. The van der Waals surface area contributed by atoms with Gasteiger partial charge in [0, 0.05) is 18.3 Å². The van der Waals surface area contributed by atoms with Gasteiger partial charge in [0.1, 0.15) is 6.54 Å². The van der Waals surface area contributed by atoms with Crippen molar-refractivity contribution in [2.75, 3.05) is 5.32 Å². The lowest BCUT2D eigenvalue weighted by molar-refractivity contribution is -0.122. The quantitative estimate of drug-likeness (QED) is 0.858. The average Bonchev–Trinajstić information content (AvgIpc) is 2.95. The van der Waals surface area contributed by atoms with Crippen molar-refractivity contribution in [1.29, 1.82) is 0 Å². The standard InChI is InChI=1S/C14H17ClN4OS/c1-9(10-4-13(15)21-8-10)17-12-5-16-19(6-12)7-14(20)18-11-2-3-11/h4-6,8-9,11,17H,2-3,7H2,1H3,(H,18,20). The number of amides is 1. The fourth-order valence-electron chi connectivity index (χ4n) is 2.06. The molecule has 2 aromatic heterocycles. The number of nitrogens with zero attached hydrogens (tertiary/aromatic N) is 2. The van der Waals surface area contributed by atoms with Crippen molar-refractivity contribution in [2.24, 2.45) is 0 Å². The van der Waals surface area contributed by atoms with Crippen LogP contribution in [0.1, 0.15) is 31.4 Å². The molecular weight excluding hydrogens is 308 g/mol. The molecule has 1 aliphatic carbocycles. The zero-order valence-corrected chi connectivity index (χ0v) is 13.2. The van der Waals surface area contributed by atoms with Gasteiger partial charge in [-0.15, -0.1) is 11.3 Å². The van der Waals surface area contributed by atoms with Gasteiger partial charge in [-0.05, 0) is 36.8 Å². The number of nitrogens with one attached hydrogen (secondary N) is 2. The lowest BCUT2D eigenvalue weighted by atomic mass is 10.2. The van der Waals surface area contributed by atoms with Crippen LogP contribution in [-0.4, -0.2) is 21.7 Å². The third kappa shape index (κ3) is 3.98. The maximum absolute atomic E-state index is 11.7. The SMILES string of the molecule is CC(Nc1cnn(CC(=O)NC2CC2)c1)c1csc(Cl)c1. The minimum absolute atomic E-state index is 0.0183. The summed E-state index contributed by atoms with van der Waals surface area (Å²) in [6, 6.07) is 2.48. The van der Waals surface area contributed by atoms with Gasteiger partial charge in [-0.3, -0.25) is 9.48 Å². The van der Waals surface area contributed by atoms with Crippen molar-refractivity contribution >= 4 is 34.5 Å². The zero-order chi connectivity index (χ0) is 14.8. The molecular formula is C14H17ClN4OS. The van der Waals surface area contributed by atoms with E-state index in [-0.39, 0.29) is 18.5 Å². The van der Waals surface area contributed by atoms with E-state index in [0.717, 1.165) is 28.4 Å². The van der Waals surface area contributed by atoms with Crippen LogP contribution < -0.4 is 10.6 Å². The number of carbonyl (C=O) groups is 1. The molecule has 112 valence electrons. The molecule has 2 N–H and O–H groups in total. The molecule has 2 aromatic rings. The molecule has 0 aliphatic heterocycles. The molecule has 1 atom stereocenters. The highest BCUT2D eigenvalue weighted by Crippen LogP contribution is 2.26. The van der Waals surface area contributed by atoms with Crippen LogP contribution in [0.15, 0.2) is 23.8 Å². The Morgan fingerprint density at radius 3 is 3.10 bits per heavy atom. The van der Waals surface area contributed by atoms with E-state index in [1.807, 2.05) is 17.6 Å². The average molecular weight is 325 g/mol. The van der Waals surface area contributed by atoms with Crippen LogP contribution in [0, 0.1) is 0 Å². The van der Waals surface area contributed by atoms with E-state index >= 15 is 0 Å². The summed E-state index contributed by atoms with van der Waals surface area (Å²) < 4.78 is 2.43. The number of rotatable bonds is 6. The first-order valence-corrected chi connectivity index (χ1v) is 8.18. The van der Waals surface area contributed by atoms with Gasteiger partial charge >= 0.3 is 0 Å². The second-order valence-electron chi connectivity index (χ2n) is 5.32. The highest BCUT2D eigenvalue weighted by atomic mass is 35.5. The Bertz CT molecular complexity index is 634. The normalized spacial score (nSPS) is 15.7. The lowest BCUT2D eigenvalue weighted by Crippen LogP contribution is -2.29. The molecule has 1 fully saturated rings. The van der Waals surface area contributed by atoms with Gasteiger partial charge in [0.25, 0.3) is 0 Å². The highest BCUT2D eigenvalue weighted by molar-refractivity contribution is 7.14. The third-order valence-corrected chi connectivity index (χ3v) is 4.46. The lowest BCUT2D eigenvalue weighted by Gasteiger charge is -2.11. The number of halogens is 1. The van der Waals surface area contributed by atoms with E-state index in [4.69, 9.17) is 11.6 Å². The van der Waals surface area contributed by atoms with Crippen LogP contribution in [-0.2, 0) is 11.3 Å². The predicted octanol–water partition coefficient (Wildman–Crippen LogP) is 3.05. The molecule has 5 nitrogen and oxygen atoms in total. The summed E-state index contributed by atoms with van der Waals surface area (Å²) in [6.45, 7) is 2.33. The van der Waals surface area contributed by atoms with E-state index < -0.39 is 0 Å². The fourth-order valence-corrected chi connectivity index (χ4v) is 3.04. The summed E-state index contributed by atoms with van der Waals surface area (Å²) in [5.41, 5.74) is 2.04. The Balaban J connectivity index is 1.55. The minimum Gasteiger partial charge on any atom is -0.376 e. The number of thiophene rings is 1. The molecule has 0 radical (unpaired) electrons. The van der Waals surface area contributed by atoms with Gasteiger partial charge in [0.2, 0.25) is 5.91 Å². The summed E-state index contributed by atoms with van der Waals surface area (Å²) in [5, 5.41) is 12.5. The van der Waals surface area contributed by atoms with Crippen molar-refractivity contribution in [1.82, 2.24) is 15.1 Å². The first-order chi connectivity index (χ1) is 10.1. The van der Waals surface area contributed by atoms with E-state index in [1.54, 1.807) is 10.9 Å². The predicted molar refractivity (Wildman–Crippen MR) is 84.8 cm³/mol. The van der Waals surface area contributed by atoms with Crippen molar-refractivity contribution < 1.29 is 4.79 Å². The Morgan fingerprint density at radius 2 is 2.43 bits per heavy atom. The first-order valence-electron chi connectivity index (χ1n) is 6.92. The Labute approximate surface area is 132 Å². The molecule has 3 rings (SSSR count). The van der Waals surface area contributed by atoms with Gasteiger partial charge < -0.3 is 10.6 Å². The highest BCUT2D eigenvalue weighted by Gasteiger charge is 2.23. The molecule has 2 heterocycles. The van der Waals surface area contributed by atoms with Gasteiger partial charge in [-0.1, -0.05) is 11.6 Å². The smallest absolute Gasteiger partial charge is 0.241 e. The van der Waals surface area contributed by atoms with Crippen LogP contribution in [0.3, 0.4) is 0 Å². The molecule has 1 aliphatic rings. The fraction of sp³-hybridized carbons (Fsp3) is 0.429. The van der Waals surface area contributed by atoms with Gasteiger partial charge in [0.15, 0.2) is 0 Å².